The predicted octanol–water partition coefficient (Wildman–Crippen LogP) is 3.48. The molecule has 0 aliphatic heterocycles. The van der Waals surface area contributed by atoms with Crippen molar-refractivity contribution in [3.63, 3.8) is 0 Å². The summed E-state index contributed by atoms with van der Waals surface area (Å²) in [5.74, 6) is -0.481. The van der Waals surface area contributed by atoms with Gasteiger partial charge in [0, 0.05) is 11.7 Å². The molecule has 3 N–H and O–H groups in total. The summed E-state index contributed by atoms with van der Waals surface area (Å²) in [6, 6.07) is 6.14. The van der Waals surface area contributed by atoms with E-state index in [0.29, 0.717) is 11.6 Å². The Morgan fingerprint density at radius 3 is 2.43 bits per heavy atom. The zero-order valence-corrected chi connectivity index (χ0v) is 12.3. The third-order valence-electron chi connectivity index (χ3n) is 4.07. The van der Waals surface area contributed by atoms with Gasteiger partial charge in [0.15, 0.2) is 0 Å². The Bertz CT molecular complexity index is 499. The molecule has 1 aromatic carbocycles. The number of hydrogen-bond acceptors (Lipinski definition) is 2. The van der Waals surface area contributed by atoms with Gasteiger partial charge < -0.3 is 15.7 Å². The number of carbonyl (C=O) groups is 2. The molecule has 2 atom stereocenters. The molecule has 5 heteroatoms. The third-order valence-corrected chi connectivity index (χ3v) is 4.07. The summed E-state index contributed by atoms with van der Waals surface area (Å²) in [5.41, 5.74) is 0.803. The molecule has 0 saturated heterocycles. The molecule has 114 valence electrons. The normalized spacial score (nSPS) is 22.1. The van der Waals surface area contributed by atoms with Gasteiger partial charge in [-0.2, -0.15) is 0 Å². The van der Waals surface area contributed by atoms with Crippen LogP contribution in [0.2, 0.25) is 0 Å². The first-order valence-corrected chi connectivity index (χ1v) is 7.47. The van der Waals surface area contributed by atoms with Crippen LogP contribution in [-0.2, 0) is 0 Å². The van der Waals surface area contributed by atoms with Crippen LogP contribution in [0.3, 0.4) is 0 Å². The molecule has 2 amide bonds. The molecule has 2 unspecified atom stereocenters. The maximum atomic E-state index is 12.0. The van der Waals surface area contributed by atoms with E-state index < -0.39 is 5.97 Å². The SMILES string of the molecule is CC1CCCCCC1NC(=O)Nc1ccc(C(=O)O)cc1. The topological polar surface area (TPSA) is 78.4 Å². The fraction of sp³-hybridized carbons (Fsp3) is 0.500. The molecule has 1 saturated carbocycles. The molecular weight excluding hydrogens is 268 g/mol. The molecule has 0 heterocycles. The lowest BCUT2D eigenvalue weighted by atomic mass is 9.97. The van der Waals surface area contributed by atoms with E-state index >= 15 is 0 Å². The first-order valence-electron chi connectivity index (χ1n) is 7.47. The molecule has 1 aliphatic carbocycles. The lowest BCUT2D eigenvalue weighted by molar-refractivity contribution is 0.0697. The second-order valence-electron chi connectivity index (χ2n) is 5.70. The average Bonchev–Trinajstić information content (AvgIpc) is 2.65. The van der Waals surface area contributed by atoms with E-state index in [2.05, 4.69) is 17.6 Å². The van der Waals surface area contributed by atoms with E-state index in [4.69, 9.17) is 5.11 Å². The van der Waals surface area contributed by atoms with E-state index in [-0.39, 0.29) is 17.6 Å². The Balaban J connectivity index is 1.90. The Labute approximate surface area is 124 Å². The predicted molar refractivity (Wildman–Crippen MR) is 81.6 cm³/mol. The summed E-state index contributed by atoms with van der Waals surface area (Å²) in [5, 5.41) is 14.6. The molecule has 0 radical (unpaired) electrons. The number of urea groups is 1. The minimum absolute atomic E-state index is 0.207. The van der Waals surface area contributed by atoms with E-state index in [0.717, 1.165) is 19.3 Å². The summed E-state index contributed by atoms with van der Waals surface area (Å²) < 4.78 is 0. The lowest BCUT2D eigenvalue weighted by Crippen LogP contribution is -2.41. The molecule has 21 heavy (non-hydrogen) atoms. The van der Waals surface area contributed by atoms with E-state index in [1.54, 1.807) is 12.1 Å². The van der Waals surface area contributed by atoms with Crippen LogP contribution in [0.1, 0.15) is 49.4 Å². The standard InChI is InChI=1S/C16H22N2O3/c1-11-5-3-2-4-6-14(11)18-16(21)17-13-9-7-12(8-10-13)15(19)20/h7-11,14H,2-6H2,1H3,(H,19,20)(H2,17,18,21). The number of rotatable bonds is 3. The first-order chi connectivity index (χ1) is 10.1. The highest BCUT2D eigenvalue weighted by molar-refractivity contribution is 5.91. The number of aromatic carboxylic acids is 1. The van der Waals surface area contributed by atoms with Crippen molar-refractivity contribution in [2.24, 2.45) is 5.92 Å². The summed E-state index contributed by atoms with van der Waals surface area (Å²) in [6.45, 7) is 2.18. The molecule has 1 aliphatic rings. The lowest BCUT2D eigenvalue weighted by Gasteiger charge is -2.23. The van der Waals surface area contributed by atoms with Crippen molar-refractivity contribution in [1.29, 1.82) is 0 Å². The number of carbonyl (C=O) groups excluding carboxylic acids is 1. The number of carboxylic acids is 1. The summed E-state index contributed by atoms with van der Waals surface area (Å²) in [6.07, 6.45) is 5.80. The number of anilines is 1. The van der Waals surface area contributed by atoms with Gasteiger partial charge in [-0.25, -0.2) is 9.59 Å². The summed E-state index contributed by atoms with van der Waals surface area (Å²) >= 11 is 0. The second-order valence-corrected chi connectivity index (χ2v) is 5.70. The van der Waals surface area contributed by atoms with Crippen LogP contribution >= 0.6 is 0 Å². The third kappa shape index (κ3) is 4.48. The zero-order chi connectivity index (χ0) is 15.2. The van der Waals surface area contributed by atoms with Gasteiger partial charge in [-0.3, -0.25) is 0 Å². The largest absolute Gasteiger partial charge is 0.478 e. The van der Waals surface area contributed by atoms with Gasteiger partial charge in [-0.1, -0.05) is 26.2 Å². The summed E-state index contributed by atoms with van der Waals surface area (Å²) in [7, 11) is 0. The highest BCUT2D eigenvalue weighted by Gasteiger charge is 2.21. The Kier molecular flexibility index (Phi) is 5.20. The van der Waals surface area contributed by atoms with Gasteiger partial charge in [0.1, 0.15) is 0 Å². The molecule has 1 aromatic rings. The Hall–Kier alpha value is -2.04. The van der Waals surface area contributed by atoms with Crippen LogP contribution in [0, 0.1) is 5.92 Å². The first kappa shape index (κ1) is 15.4. The highest BCUT2D eigenvalue weighted by Crippen LogP contribution is 2.23. The summed E-state index contributed by atoms with van der Waals surface area (Å²) in [4.78, 5) is 22.8. The maximum Gasteiger partial charge on any atom is 0.335 e. The number of benzene rings is 1. The van der Waals surface area contributed by atoms with Crippen molar-refractivity contribution < 1.29 is 14.7 Å². The minimum atomic E-state index is -0.974. The highest BCUT2D eigenvalue weighted by atomic mass is 16.4. The Morgan fingerprint density at radius 2 is 1.76 bits per heavy atom. The van der Waals surface area contributed by atoms with Crippen molar-refractivity contribution in [2.45, 2.75) is 45.1 Å². The average molecular weight is 290 g/mol. The van der Waals surface area contributed by atoms with Crippen molar-refractivity contribution >= 4 is 17.7 Å². The van der Waals surface area contributed by atoms with Crippen LogP contribution in [-0.4, -0.2) is 23.1 Å². The van der Waals surface area contributed by atoms with Gasteiger partial charge >= 0.3 is 12.0 Å². The van der Waals surface area contributed by atoms with Gasteiger partial charge in [0.25, 0.3) is 0 Å². The van der Waals surface area contributed by atoms with Crippen LogP contribution in [0.5, 0.6) is 0 Å². The molecule has 1 fully saturated rings. The minimum Gasteiger partial charge on any atom is -0.478 e. The number of nitrogens with one attached hydrogen (secondary N) is 2. The van der Waals surface area contributed by atoms with Gasteiger partial charge in [0.05, 0.1) is 5.56 Å². The molecular formula is C16H22N2O3. The van der Waals surface area contributed by atoms with Crippen molar-refractivity contribution in [3.05, 3.63) is 29.8 Å². The van der Waals surface area contributed by atoms with Crippen LogP contribution in [0.4, 0.5) is 10.5 Å². The van der Waals surface area contributed by atoms with E-state index in [1.165, 1.54) is 25.0 Å². The van der Waals surface area contributed by atoms with Gasteiger partial charge in [-0.05, 0) is 43.0 Å². The molecule has 2 rings (SSSR count). The van der Waals surface area contributed by atoms with Crippen LogP contribution < -0.4 is 10.6 Å². The molecule has 0 aromatic heterocycles. The molecule has 0 spiro atoms. The monoisotopic (exact) mass is 290 g/mol. The van der Waals surface area contributed by atoms with Crippen LogP contribution in [0.25, 0.3) is 0 Å². The molecule has 5 nitrogen and oxygen atoms in total. The van der Waals surface area contributed by atoms with Crippen molar-refractivity contribution in [1.82, 2.24) is 5.32 Å². The van der Waals surface area contributed by atoms with Gasteiger partial charge in [0.2, 0.25) is 0 Å². The maximum absolute atomic E-state index is 12.0. The molecule has 0 bridgehead atoms. The van der Waals surface area contributed by atoms with Crippen molar-refractivity contribution in [2.75, 3.05) is 5.32 Å². The van der Waals surface area contributed by atoms with Gasteiger partial charge in [-0.15, -0.1) is 0 Å². The number of carboxylic acid groups (broad SMARTS) is 1. The number of amides is 2. The zero-order valence-electron chi connectivity index (χ0n) is 12.3. The smallest absolute Gasteiger partial charge is 0.335 e. The number of hydrogen-bond donors (Lipinski definition) is 3. The van der Waals surface area contributed by atoms with Crippen molar-refractivity contribution in [3.8, 4) is 0 Å². The fourth-order valence-corrected chi connectivity index (χ4v) is 2.74. The quantitative estimate of drug-likeness (QED) is 0.746. The Morgan fingerprint density at radius 1 is 1.10 bits per heavy atom. The van der Waals surface area contributed by atoms with E-state index in [9.17, 15) is 9.59 Å². The van der Waals surface area contributed by atoms with E-state index in [1.807, 2.05) is 0 Å². The second kappa shape index (κ2) is 7.11. The van der Waals surface area contributed by atoms with Crippen LogP contribution in [0.15, 0.2) is 24.3 Å². The fourth-order valence-electron chi connectivity index (χ4n) is 2.74.